The normalized spacial score (nSPS) is 32.3. The molecule has 4 nitrogen and oxygen atoms in total. The summed E-state index contributed by atoms with van der Waals surface area (Å²) in [7, 11) is 0. The van der Waals surface area contributed by atoms with Crippen molar-refractivity contribution in [2.75, 3.05) is 26.2 Å². The molecule has 2 aliphatic heterocycles. The molecule has 0 bridgehead atoms. The highest BCUT2D eigenvalue weighted by molar-refractivity contribution is 5.91. The fourth-order valence-electron chi connectivity index (χ4n) is 7.91. The third-order valence-electron chi connectivity index (χ3n) is 9.77. The summed E-state index contributed by atoms with van der Waals surface area (Å²) in [6.45, 7) is 3.93. The van der Waals surface area contributed by atoms with Gasteiger partial charge in [-0.1, -0.05) is 67.4 Å². The largest absolute Gasteiger partial charge is 0.297 e. The first-order valence-corrected chi connectivity index (χ1v) is 14.4. The molecule has 0 radical (unpaired) electrons. The average Bonchev–Trinajstić information content (AvgIpc) is 3.64. The summed E-state index contributed by atoms with van der Waals surface area (Å²) in [6, 6.07) is 19.6. The summed E-state index contributed by atoms with van der Waals surface area (Å²) >= 11 is 0. The van der Waals surface area contributed by atoms with Crippen molar-refractivity contribution in [3.8, 4) is 0 Å². The zero-order chi connectivity index (χ0) is 24.6. The highest BCUT2D eigenvalue weighted by Crippen LogP contribution is 2.46. The number of carbonyl (C=O) groups is 2. The predicted molar refractivity (Wildman–Crippen MR) is 143 cm³/mol. The SMILES string of the molecule is O=C1CCCC[C@]1(c1ccccc1)N1CCC(c2cccc([C@@]3(N4CCCC4)CCCCC3=O)c2)C1. The van der Waals surface area contributed by atoms with Gasteiger partial charge in [-0.05, 0) is 80.6 Å². The minimum atomic E-state index is -0.470. The molecule has 4 heteroatoms. The molecule has 6 rings (SSSR count). The lowest BCUT2D eigenvalue weighted by Crippen LogP contribution is -2.52. The van der Waals surface area contributed by atoms with Gasteiger partial charge in [0.2, 0.25) is 0 Å². The number of hydrogen-bond donors (Lipinski definition) is 0. The quantitative estimate of drug-likeness (QED) is 0.526. The molecular formula is C32H40N2O2. The molecule has 2 heterocycles. The third kappa shape index (κ3) is 3.88. The number of carbonyl (C=O) groups excluding carboxylic acids is 2. The first kappa shape index (κ1) is 24.1. The molecule has 3 atom stereocenters. The first-order chi connectivity index (χ1) is 17.6. The van der Waals surface area contributed by atoms with Crippen molar-refractivity contribution in [3.05, 3.63) is 71.3 Å². The summed E-state index contributed by atoms with van der Waals surface area (Å²) in [6.07, 6.45) is 11.0. The van der Waals surface area contributed by atoms with E-state index in [0.717, 1.165) is 71.1 Å². The van der Waals surface area contributed by atoms with Crippen molar-refractivity contribution in [2.24, 2.45) is 0 Å². The summed E-state index contributed by atoms with van der Waals surface area (Å²) in [5, 5.41) is 0. The molecule has 0 spiro atoms. The van der Waals surface area contributed by atoms with Gasteiger partial charge in [0.15, 0.2) is 11.6 Å². The highest BCUT2D eigenvalue weighted by atomic mass is 16.1. The van der Waals surface area contributed by atoms with E-state index >= 15 is 0 Å². The van der Waals surface area contributed by atoms with Gasteiger partial charge in [0, 0.05) is 25.9 Å². The maximum absolute atomic E-state index is 13.5. The van der Waals surface area contributed by atoms with Crippen LogP contribution in [0.5, 0.6) is 0 Å². The maximum Gasteiger partial charge on any atom is 0.157 e. The molecule has 36 heavy (non-hydrogen) atoms. The van der Waals surface area contributed by atoms with Crippen LogP contribution in [0, 0.1) is 0 Å². The van der Waals surface area contributed by atoms with Gasteiger partial charge in [0.05, 0.1) is 0 Å². The lowest BCUT2D eigenvalue weighted by Gasteiger charge is -2.44. The van der Waals surface area contributed by atoms with Crippen molar-refractivity contribution in [3.63, 3.8) is 0 Å². The van der Waals surface area contributed by atoms with Crippen LogP contribution >= 0.6 is 0 Å². The highest BCUT2D eigenvalue weighted by Gasteiger charge is 2.49. The zero-order valence-electron chi connectivity index (χ0n) is 21.6. The minimum absolute atomic E-state index is 0.398. The van der Waals surface area contributed by atoms with Crippen LogP contribution < -0.4 is 0 Å². The Kier molecular flexibility index (Phi) is 6.60. The molecule has 1 unspecified atom stereocenters. The van der Waals surface area contributed by atoms with Crippen LogP contribution in [-0.2, 0) is 20.7 Å². The van der Waals surface area contributed by atoms with Crippen LogP contribution in [0.15, 0.2) is 54.6 Å². The van der Waals surface area contributed by atoms with Crippen LogP contribution in [-0.4, -0.2) is 47.5 Å². The van der Waals surface area contributed by atoms with E-state index in [1.807, 2.05) is 6.07 Å². The number of rotatable bonds is 5. The lowest BCUT2D eigenvalue weighted by atomic mass is 9.73. The Morgan fingerprint density at radius 2 is 1.28 bits per heavy atom. The first-order valence-electron chi connectivity index (χ1n) is 14.4. The Labute approximate surface area is 216 Å². The second-order valence-corrected chi connectivity index (χ2v) is 11.6. The van der Waals surface area contributed by atoms with E-state index in [1.54, 1.807) is 0 Å². The number of hydrogen-bond acceptors (Lipinski definition) is 4. The summed E-state index contributed by atoms with van der Waals surface area (Å²) in [5.74, 6) is 1.22. The second kappa shape index (κ2) is 9.87. The summed E-state index contributed by atoms with van der Waals surface area (Å²) in [5.41, 5.74) is 2.84. The maximum atomic E-state index is 13.5. The smallest absolute Gasteiger partial charge is 0.157 e. The molecule has 190 valence electrons. The van der Waals surface area contributed by atoms with Crippen molar-refractivity contribution in [1.82, 2.24) is 9.80 Å². The fourth-order valence-corrected chi connectivity index (χ4v) is 7.91. The van der Waals surface area contributed by atoms with Gasteiger partial charge in [-0.3, -0.25) is 19.4 Å². The third-order valence-corrected chi connectivity index (χ3v) is 9.77. The Morgan fingerprint density at radius 3 is 1.94 bits per heavy atom. The van der Waals surface area contributed by atoms with Gasteiger partial charge in [0.25, 0.3) is 0 Å². The number of benzene rings is 2. The lowest BCUT2D eigenvalue weighted by molar-refractivity contribution is -0.135. The molecule has 2 saturated heterocycles. The standard InChI is InChI=1S/C32H40N2O2/c35-29-15-4-6-18-31(29,27-12-2-1-3-13-27)34-22-17-26(24-34)25-11-10-14-28(23-25)32(33-20-8-9-21-33)19-7-5-16-30(32)36/h1-3,10-14,23,26H,4-9,15-22,24H2/t26?,31-,32+/m1/s1. The van der Waals surface area contributed by atoms with Crippen LogP contribution in [0.4, 0.5) is 0 Å². The number of likely N-dealkylation sites (tertiary alicyclic amines) is 2. The minimum Gasteiger partial charge on any atom is -0.297 e. The van der Waals surface area contributed by atoms with E-state index in [0.29, 0.717) is 30.3 Å². The van der Waals surface area contributed by atoms with Gasteiger partial charge >= 0.3 is 0 Å². The van der Waals surface area contributed by atoms with Crippen LogP contribution in [0.1, 0.15) is 93.2 Å². The molecule has 4 fully saturated rings. The molecule has 2 saturated carbocycles. The molecule has 2 aromatic carbocycles. The van der Waals surface area contributed by atoms with Gasteiger partial charge in [-0.2, -0.15) is 0 Å². The van der Waals surface area contributed by atoms with Crippen LogP contribution in [0.3, 0.4) is 0 Å². The van der Waals surface area contributed by atoms with Gasteiger partial charge in [-0.25, -0.2) is 0 Å². The second-order valence-electron chi connectivity index (χ2n) is 11.6. The van der Waals surface area contributed by atoms with Gasteiger partial charge < -0.3 is 0 Å². The van der Waals surface area contributed by atoms with E-state index in [1.165, 1.54) is 29.5 Å². The van der Waals surface area contributed by atoms with Crippen molar-refractivity contribution < 1.29 is 9.59 Å². The monoisotopic (exact) mass is 484 g/mol. The van der Waals surface area contributed by atoms with E-state index < -0.39 is 11.1 Å². The molecule has 0 aromatic heterocycles. The summed E-state index contributed by atoms with van der Waals surface area (Å²) < 4.78 is 0. The number of ketones is 2. The van der Waals surface area contributed by atoms with E-state index in [-0.39, 0.29) is 0 Å². The molecule has 4 aliphatic rings. The Morgan fingerprint density at radius 1 is 0.639 bits per heavy atom. The Hall–Kier alpha value is -2.30. The molecular weight excluding hydrogens is 444 g/mol. The zero-order valence-corrected chi connectivity index (χ0v) is 21.6. The molecule has 2 aliphatic carbocycles. The predicted octanol–water partition coefficient (Wildman–Crippen LogP) is 5.95. The van der Waals surface area contributed by atoms with E-state index in [4.69, 9.17) is 0 Å². The van der Waals surface area contributed by atoms with Crippen LogP contribution in [0.2, 0.25) is 0 Å². The van der Waals surface area contributed by atoms with Crippen LogP contribution in [0.25, 0.3) is 0 Å². The Balaban J connectivity index is 1.31. The van der Waals surface area contributed by atoms with Crippen molar-refractivity contribution in [1.29, 1.82) is 0 Å². The average molecular weight is 485 g/mol. The fraction of sp³-hybridized carbons (Fsp3) is 0.562. The topological polar surface area (TPSA) is 40.6 Å². The number of nitrogens with zero attached hydrogens (tertiary/aromatic N) is 2. The van der Waals surface area contributed by atoms with Crippen molar-refractivity contribution >= 4 is 11.6 Å². The van der Waals surface area contributed by atoms with Gasteiger partial charge in [-0.15, -0.1) is 0 Å². The van der Waals surface area contributed by atoms with Crippen molar-refractivity contribution in [2.45, 2.75) is 87.6 Å². The van der Waals surface area contributed by atoms with Gasteiger partial charge in [0.1, 0.15) is 11.1 Å². The molecule has 2 aromatic rings. The van der Waals surface area contributed by atoms with E-state index in [9.17, 15) is 9.59 Å². The molecule has 0 N–H and O–H groups in total. The summed E-state index contributed by atoms with van der Waals surface area (Å²) in [4.78, 5) is 32.1. The van der Waals surface area contributed by atoms with E-state index in [2.05, 4.69) is 58.3 Å². The Bertz CT molecular complexity index is 1110. The molecule has 0 amide bonds. The number of Topliss-reactive ketones (excluding diaryl/α,β-unsaturated/α-hetero) is 2.